The zero-order chi connectivity index (χ0) is 13.8. The number of rotatable bonds is 2. The van der Waals surface area contributed by atoms with Gasteiger partial charge in [0.1, 0.15) is 0 Å². The molecular formula is C15H17F3O. The number of hydrogen-bond acceptors (Lipinski definition) is 1. The lowest BCUT2D eigenvalue weighted by Crippen LogP contribution is -2.13. The van der Waals surface area contributed by atoms with Crippen molar-refractivity contribution in [1.29, 1.82) is 0 Å². The number of aliphatic hydroxyl groups is 1. The van der Waals surface area contributed by atoms with E-state index in [4.69, 9.17) is 0 Å². The molecule has 0 radical (unpaired) electrons. The molecule has 3 unspecified atom stereocenters. The highest BCUT2D eigenvalue weighted by Crippen LogP contribution is 2.57. The van der Waals surface area contributed by atoms with Gasteiger partial charge in [0.25, 0.3) is 0 Å². The molecule has 0 spiro atoms. The second-order valence-corrected chi connectivity index (χ2v) is 6.00. The highest BCUT2D eigenvalue weighted by atomic mass is 19.4. The first-order valence-corrected chi connectivity index (χ1v) is 6.72. The Morgan fingerprint density at radius 1 is 1.16 bits per heavy atom. The molecule has 2 aliphatic rings. The van der Waals surface area contributed by atoms with E-state index >= 15 is 0 Å². The molecule has 19 heavy (non-hydrogen) atoms. The molecule has 0 aromatic heterocycles. The number of aryl methyl sites for hydroxylation is 1. The number of benzene rings is 1. The van der Waals surface area contributed by atoms with Crippen LogP contribution < -0.4 is 0 Å². The Bertz CT molecular complexity index is 485. The monoisotopic (exact) mass is 270 g/mol. The standard InChI is InChI=1S/C15H17F3O/c1-8-4-12(15(16,17)18)2-3-13(8)14(19)11-6-9-5-10(9)7-11/h2-4,9-11,14,19H,5-7H2,1H3. The van der Waals surface area contributed by atoms with E-state index in [-0.39, 0.29) is 5.92 Å². The first kappa shape index (κ1) is 13.0. The van der Waals surface area contributed by atoms with Crippen molar-refractivity contribution in [3.05, 3.63) is 34.9 Å². The fourth-order valence-electron chi connectivity index (χ4n) is 3.46. The Labute approximate surface area is 110 Å². The topological polar surface area (TPSA) is 20.2 Å². The molecular weight excluding hydrogens is 253 g/mol. The minimum atomic E-state index is -4.32. The van der Waals surface area contributed by atoms with E-state index in [1.54, 1.807) is 6.92 Å². The molecule has 1 aromatic carbocycles. The van der Waals surface area contributed by atoms with E-state index in [9.17, 15) is 18.3 Å². The van der Waals surface area contributed by atoms with E-state index in [2.05, 4.69) is 0 Å². The molecule has 0 bridgehead atoms. The maximum Gasteiger partial charge on any atom is 0.416 e. The van der Waals surface area contributed by atoms with Gasteiger partial charge in [-0.25, -0.2) is 0 Å². The molecule has 1 N–H and O–H groups in total. The molecule has 1 aromatic rings. The van der Waals surface area contributed by atoms with Crippen LogP contribution in [0.25, 0.3) is 0 Å². The maximum atomic E-state index is 12.6. The van der Waals surface area contributed by atoms with Crippen molar-refractivity contribution in [2.45, 2.75) is 38.5 Å². The average Bonchev–Trinajstić information content (AvgIpc) is 2.94. The summed E-state index contributed by atoms with van der Waals surface area (Å²) in [5, 5.41) is 10.4. The fraction of sp³-hybridized carbons (Fsp3) is 0.600. The predicted molar refractivity (Wildman–Crippen MR) is 65.5 cm³/mol. The lowest BCUT2D eigenvalue weighted by atomic mass is 9.89. The van der Waals surface area contributed by atoms with Crippen LogP contribution in [0.3, 0.4) is 0 Å². The SMILES string of the molecule is Cc1cc(C(F)(F)F)ccc1C(O)C1CC2CC2C1. The summed E-state index contributed by atoms with van der Waals surface area (Å²) in [5.41, 5.74) is 0.539. The molecule has 0 amide bonds. The van der Waals surface area contributed by atoms with Gasteiger partial charge in [0.15, 0.2) is 0 Å². The summed E-state index contributed by atoms with van der Waals surface area (Å²) in [6, 6.07) is 3.64. The van der Waals surface area contributed by atoms with Crippen molar-refractivity contribution in [3.63, 3.8) is 0 Å². The molecule has 104 valence electrons. The van der Waals surface area contributed by atoms with E-state index in [0.29, 0.717) is 11.1 Å². The van der Waals surface area contributed by atoms with E-state index in [1.165, 1.54) is 12.5 Å². The molecule has 0 saturated heterocycles. The highest BCUT2D eigenvalue weighted by Gasteiger charge is 2.48. The molecule has 1 nitrogen and oxygen atoms in total. The smallest absolute Gasteiger partial charge is 0.388 e. The van der Waals surface area contributed by atoms with Gasteiger partial charge >= 0.3 is 6.18 Å². The van der Waals surface area contributed by atoms with Gasteiger partial charge in [-0.3, -0.25) is 0 Å². The maximum absolute atomic E-state index is 12.6. The molecule has 3 atom stereocenters. The zero-order valence-electron chi connectivity index (χ0n) is 10.7. The normalized spacial score (nSPS) is 31.1. The molecule has 2 fully saturated rings. The van der Waals surface area contributed by atoms with Crippen molar-refractivity contribution < 1.29 is 18.3 Å². The molecule has 0 heterocycles. The van der Waals surface area contributed by atoms with E-state index in [1.807, 2.05) is 0 Å². The number of alkyl halides is 3. The van der Waals surface area contributed by atoms with Crippen molar-refractivity contribution in [3.8, 4) is 0 Å². The van der Waals surface area contributed by atoms with Gasteiger partial charge in [-0.15, -0.1) is 0 Å². The quantitative estimate of drug-likeness (QED) is 0.858. The second-order valence-electron chi connectivity index (χ2n) is 6.00. The lowest BCUT2D eigenvalue weighted by molar-refractivity contribution is -0.137. The number of halogens is 3. The summed E-state index contributed by atoms with van der Waals surface area (Å²) < 4.78 is 37.8. The third-order valence-corrected chi connectivity index (χ3v) is 4.64. The van der Waals surface area contributed by atoms with Crippen LogP contribution >= 0.6 is 0 Å². The predicted octanol–water partition coefficient (Wildman–Crippen LogP) is 4.09. The highest BCUT2D eigenvalue weighted by molar-refractivity contribution is 5.34. The van der Waals surface area contributed by atoms with Gasteiger partial charge in [-0.05, 0) is 67.2 Å². The van der Waals surface area contributed by atoms with Gasteiger partial charge in [-0.1, -0.05) is 6.07 Å². The van der Waals surface area contributed by atoms with Crippen LogP contribution in [0.4, 0.5) is 13.2 Å². The minimum Gasteiger partial charge on any atom is -0.388 e. The van der Waals surface area contributed by atoms with Crippen LogP contribution in [0.15, 0.2) is 18.2 Å². The van der Waals surface area contributed by atoms with E-state index in [0.717, 1.165) is 36.8 Å². The summed E-state index contributed by atoms with van der Waals surface area (Å²) in [6.07, 6.45) is -1.62. The Morgan fingerprint density at radius 3 is 2.32 bits per heavy atom. The lowest BCUT2D eigenvalue weighted by Gasteiger charge is -2.22. The van der Waals surface area contributed by atoms with Crippen LogP contribution in [0, 0.1) is 24.7 Å². The molecule has 3 rings (SSSR count). The summed E-state index contributed by atoms with van der Waals surface area (Å²) in [5.74, 6) is 1.74. The Kier molecular flexibility index (Phi) is 2.89. The van der Waals surface area contributed by atoms with Gasteiger partial charge in [0.2, 0.25) is 0 Å². The molecule has 4 heteroatoms. The number of aliphatic hydroxyl groups excluding tert-OH is 1. The van der Waals surface area contributed by atoms with Gasteiger partial charge in [0, 0.05) is 0 Å². The summed E-state index contributed by atoms with van der Waals surface area (Å²) >= 11 is 0. The first-order valence-electron chi connectivity index (χ1n) is 6.72. The van der Waals surface area contributed by atoms with Crippen molar-refractivity contribution in [2.75, 3.05) is 0 Å². The average molecular weight is 270 g/mol. The summed E-state index contributed by atoms with van der Waals surface area (Å²) in [4.78, 5) is 0. The van der Waals surface area contributed by atoms with Gasteiger partial charge in [-0.2, -0.15) is 13.2 Å². The molecule has 0 aliphatic heterocycles. The second kappa shape index (κ2) is 4.23. The Morgan fingerprint density at radius 2 is 1.79 bits per heavy atom. The van der Waals surface area contributed by atoms with Crippen LogP contribution in [-0.2, 0) is 6.18 Å². The minimum absolute atomic E-state index is 0.221. The molecule has 2 aliphatic carbocycles. The largest absolute Gasteiger partial charge is 0.416 e. The third kappa shape index (κ3) is 2.38. The zero-order valence-corrected chi connectivity index (χ0v) is 10.7. The van der Waals surface area contributed by atoms with Crippen molar-refractivity contribution >= 4 is 0 Å². The Hall–Kier alpha value is -1.03. The van der Waals surface area contributed by atoms with Crippen LogP contribution in [0.1, 0.15) is 42.1 Å². The van der Waals surface area contributed by atoms with Crippen LogP contribution in [-0.4, -0.2) is 5.11 Å². The van der Waals surface area contributed by atoms with Crippen LogP contribution in [0.2, 0.25) is 0 Å². The number of hydrogen-bond donors (Lipinski definition) is 1. The van der Waals surface area contributed by atoms with Crippen molar-refractivity contribution in [1.82, 2.24) is 0 Å². The van der Waals surface area contributed by atoms with Gasteiger partial charge in [0.05, 0.1) is 11.7 Å². The fourth-order valence-corrected chi connectivity index (χ4v) is 3.46. The summed E-state index contributed by atoms with van der Waals surface area (Å²) in [6.45, 7) is 1.64. The van der Waals surface area contributed by atoms with Crippen LogP contribution in [0.5, 0.6) is 0 Å². The Balaban J connectivity index is 1.80. The molecule has 2 saturated carbocycles. The van der Waals surface area contributed by atoms with Crippen molar-refractivity contribution in [2.24, 2.45) is 17.8 Å². The summed E-state index contributed by atoms with van der Waals surface area (Å²) in [7, 11) is 0. The van der Waals surface area contributed by atoms with Gasteiger partial charge < -0.3 is 5.11 Å². The third-order valence-electron chi connectivity index (χ3n) is 4.64. The van der Waals surface area contributed by atoms with E-state index < -0.39 is 17.8 Å². The first-order chi connectivity index (χ1) is 8.86. The number of fused-ring (bicyclic) bond motifs is 1.